The van der Waals surface area contributed by atoms with Crippen molar-refractivity contribution >= 4 is 36.3 Å². The molecule has 0 aliphatic carbocycles. The standard InChI is InChI=1S/C12H17N3O2S2/c1-6-7(2)14(3)10-9(6)13-12(17)15(11(10)16)4-8(19)5-18/h8,18-19H,4-5H2,1-3H3,(H,13,17)/t8-/m1/s1. The maximum atomic E-state index is 12.5. The van der Waals surface area contributed by atoms with Crippen molar-refractivity contribution < 1.29 is 0 Å². The molecule has 0 bridgehead atoms. The first kappa shape index (κ1) is 14.3. The Morgan fingerprint density at radius 3 is 2.53 bits per heavy atom. The molecule has 0 radical (unpaired) electrons. The van der Waals surface area contributed by atoms with Crippen molar-refractivity contribution in [3.8, 4) is 0 Å². The fourth-order valence-corrected chi connectivity index (χ4v) is 2.46. The Labute approximate surface area is 121 Å². The fraction of sp³-hybridized carbons (Fsp3) is 0.500. The summed E-state index contributed by atoms with van der Waals surface area (Å²) in [6.07, 6.45) is 0. The van der Waals surface area contributed by atoms with Gasteiger partial charge in [0.05, 0.1) is 5.52 Å². The maximum Gasteiger partial charge on any atom is 0.328 e. The van der Waals surface area contributed by atoms with E-state index in [9.17, 15) is 9.59 Å². The number of aryl methyl sites for hydroxylation is 2. The van der Waals surface area contributed by atoms with Gasteiger partial charge >= 0.3 is 5.69 Å². The summed E-state index contributed by atoms with van der Waals surface area (Å²) in [5.74, 6) is 0.498. The number of aromatic nitrogens is 3. The molecule has 5 nitrogen and oxygen atoms in total. The van der Waals surface area contributed by atoms with Gasteiger partial charge in [0, 0.05) is 30.3 Å². The number of hydrogen-bond acceptors (Lipinski definition) is 4. The molecule has 0 fully saturated rings. The molecule has 1 atom stereocenters. The molecule has 0 saturated carbocycles. The van der Waals surface area contributed by atoms with Crippen molar-refractivity contribution in [3.05, 3.63) is 32.1 Å². The van der Waals surface area contributed by atoms with E-state index in [4.69, 9.17) is 0 Å². The van der Waals surface area contributed by atoms with E-state index in [1.165, 1.54) is 4.57 Å². The minimum absolute atomic E-state index is 0.137. The summed E-state index contributed by atoms with van der Waals surface area (Å²) in [4.78, 5) is 27.3. The van der Waals surface area contributed by atoms with Gasteiger partial charge in [-0.25, -0.2) is 4.79 Å². The van der Waals surface area contributed by atoms with Crippen LogP contribution in [0.15, 0.2) is 9.59 Å². The van der Waals surface area contributed by atoms with E-state index in [0.717, 1.165) is 11.3 Å². The second-order valence-electron chi connectivity index (χ2n) is 4.68. The van der Waals surface area contributed by atoms with Crippen LogP contribution in [0.3, 0.4) is 0 Å². The van der Waals surface area contributed by atoms with Crippen LogP contribution >= 0.6 is 25.3 Å². The van der Waals surface area contributed by atoms with Gasteiger partial charge in [-0.1, -0.05) is 0 Å². The highest BCUT2D eigenvalue weighted by Gasteiger charge is 2.17. The normalized spacial score (nSPS) is 13.1. The van der Waals surface area contributed by atoms with E-state index in [0.29, 0.717) is 16.8 Å². The van der Waals surface area contributed by atoms with Crippen LogP contribution in [-0.4, -0.2) is 25.1 Å². The lowest BCUT2D eigenvalue weighted by molar-refractivity contribution is 0.636. The van der Waals surface area contributed by atoms with Gasteiger partial charge in [-0.2, -0.15) is 25.3 Å². The first-order valence-corrected chi connectivity index (χ1v) is 7.11. The van der Waals surface area contributed by atoms with Gasteiger partial charge in [-0.05, 0) is 19.4 Å². The molecule has 2 aromatic rings. The summed E-state index contributed by atoms with van der Waals surface area (Å²) in [6.45, 7) is 4.07. The second-order valence-corrected chi connectivity index (χ2v) is 5.77. The Hall–Kier alpha value is -1.08. The number of thiol groups is 2. The third kappa shape index (κ3) is 2.25. The molecular formula is C12H17N3O2S2. The molecule has 0 aromatic carbocycles. The van der Waals surface area contributed by atoms with Crippen molar-refractivity contribution in [3.63, 3.8) is 0 Å². The predicted octanol–water partition coefficient (Wildman–Crippen LogP) is 0.873. The van der Waals surface area contributed by atoms with Crippen LogP contribution in [0.4, 0.5) is 0 Å². The first-order chi connectivity index (χ1) is 8.88. The lowest BCUT2D eigenvalue weighted by Gasteiger charge is -2.09. The Morgan fingerprint density at radius 1 is 1.32 bits per heavy atom. The predicted molar refractivity (Wildman–Crippen MR) is 83.9 cm³/mol. The van der Waals surface area contributed by atoms with E-state index in [2.05, 4.69) is 30.2 Å². The lowest BCUT2D eigenvalue weighted by atomic mass is 10.2. The Kier molecular flexibility index (Phi) is 3.87. The topological polar surface area (TPSA) is 59.8 Å². The van der Waals surface area contributed by atoms with Crippen molar-refractivity contribution in [2.24, 2.45) is 7.05 Å². The molecule has 0 spiro atoms. The van der Waals surface area contributed by atoms with Crippen LogP contribution in [0.25, 0.3) is 11.0 Å². The monoisotopic (exact) mass is 299 g/mol. The third-order valence-electron chi connectivity index (χ3n) is 3.52. The zero-order valence-corrected chi connectivity index (χ0v) is 12.9. The minimum Gasteiger partial charge on any atom is -0.342 e. The van der Waals surface area contributed by atoms with Gasteiger partial charge < -0.3 is 9.55 Å². The molecule has 0 aliphatic rings. The van der Waals surface area contributed by atoms with Gasteiger partial charge in [-0.3, -0.25) is 9.36 Å². The molecule has 1 N–H and O–H groups in total. The van der Waals surface area contributed by atoms with Crippen LogP contribution in [-0.2, 0) is 13.6 Å². The third-order valence-corrected chi connectivity index (χ3v) is 4.60. The number of hydrogen-bond donors (Lipinski definition) is 3. The number of nitrogens with one attached hydrogen (secondary N) is 1. The molecule has 7 heteroatoms. The highest BCUT2D eigenvalue weighted by Crippen LogP contribution is 2.18. The van der Waals surface area contributed by atoms with Crippen LogP contribution in [0.1, 0.15) is 11.3 Å². The van der Waals surface area contributed by atoms with Crippen molar-refractivity contribution in [1.82, 2.24) is 14.1 Å². The van der Waals surface area contributed by atoms with E-state index >= 15 is 0 Å². The van der Waals surface area contributed by atoms with Crippen molar-refractivity contribution in [1.29, 1.82) is 0 Å². The van der Waals surface area contributed by atoms with Crippen LogP contribution in [0.2, 0.25) is 0 Å². The summed E-state index contributed by atoms with van der Waals surface area (Å²) in [7, 11) is 1.82. The van der Waals surface area contributed by atoms with E-state index in [1.54, 1.807) is 0 Å². The Balaban J connectivity index is 2.79. The molecule has 2 rings (SSSR count). The number of aromatic amines is 1. The van der Waals surface area contributed by atoms with Gasteiger partial charge in [0.25, 0.3) is 5.56 Å². The molecule has 0 amide bonds. The highest BCUT2D eigenvalue weighted by molar-refractivity contribution is 7.84. The van der Waals surface area contributed by atoms with Gasteiger partial charge in [0.1, 0.15) is 5.52 Å². The van der Waals surface area contributed by atoms with Crippen molar-refractivity contribution in [2.45, 2.75) is 25.6 Å². The number of H-pyrrole nitrogens is 1. The lowest BCUT2D eigenvalue weighted by Crippen LogP contribution is -2.38. The molecular weight excluding hydrogens is 282 g/mol. The van der Waals surface area contributed by atoms with Crippen molar-refractivity contribution in [2.75, 3.05) is 5.75 Å². The zero-order valence-electron chi connectivity index (χ0n) is 11.1. The Morgan fingerprint density at radius 2 is 1.95 bits per heavy atom. The first-order valence-electron chi connectivity index (χ1n) is 5.96. The quantitative estimate of drug-likeness (QED) is 0.737. The summed E-state index contributed by atoms with van der Waals surface area (Å²) in [5.41, 5.74) is 2.36. The SMILES string of the molecule is Cc1c(C)n(C)c2c(=O)n(C[C@@H](S)CS)c(=O)[nH]c12. The molecule has 0 aliphatic heterocycles. The molecule has 104 valence electrons. The zero-order chi connectivity index (χ0) is 14.3. The van der Waals surface area contributed by atoms with Gasteiger partial charge in [-0.15, -0.1) is 0 Å². The Bertz CT molecular complexity index is 742. The fourth-order valence-electron chi connectivity index (χ4n) is 2.18. The van der Waals surface area contributed by atoms with Crippen LogP contribution in [0, 0.1) is 13.8 Å². The summed E-state index contributed by atoms with van der Waals surface area (Å²) in [6, 6.07) is 0. The van der Waals surface area contributed by atoms with Gasteiger partial charge in [0.2, 0.25) is 0 Å². The van der Waals surface area contributed by atoms with Gasteiger partial charge in [0.15, 0.2) is 0 Å². The molecule has 2 heterocycles. The summed E-state index contributed by atoms with van der Waals surface area (Å²) < 4.78 is 3.00. The number of nitrogens with zero attached hydrogens (tertiary/aromatic N) is 2. The molecule has 2 aromatic heterocycles. The molecule has 0 unspecified atom stereocenters. The second kappa shape index (κ2) is 5.13. The molecule has 19 heavy (non-hydrogen) atoms. The average molecular weight is 299 g/mol. The van der Waals surface area contributed by atoms with E-state index in [-0.39, 0.29) is 17.4 Å². The van der Waals surface area contributed by atoms with Crippen LogP contribution in [0.5, 0.6) is 0 Å². The number of rotatable bonds is 3. The summed E-state index contributed by atoms with van der Waals surface area (Å²) >= 11 is 8.41. The largest absolute Gasteiger partial charge is 0.342 e. The summed E-state index contributed by atoms with van der Waals surface area (Å²) in [5, 5.41) is -0.137. The highest BCUT2D eigenvalue weighted by atomic mass is 32.1. The van der Waals surface area contributed by atoms with E-state index < -0.39 is 5.69 Å². The minimum atomic E-state index is -0.396. The van der Waals surface area contributed by atoms with Crippen LogP contribution < -0.4 is 11.2 Å². The number of fused-ring (bicyclic) bond motifs is 1. The maximum absolute atomic E-state index is 12.5. The van der Waals surface area contributed by atoms with E-state index in [1.807, 2.05) is 25.5 Å². The average Bonchev–Trinajstić information content (AvgIpc) is 2.59. The smallest absolute Gasteiger partial charge is 0.328 e. The molecule has 0 saturated heterocycles.